The first-order chi connectivity index (χ1) is 12.7. The highest BCUT2D eigenvalue weighted by Crippen LogP contribution is 2.33. The minimum atomic E-state index is -4.74. The molecule has 3 aliphatic rings. The van der Waals surface area contributed by atoms with Gasteiger partial charge in [0.25, 0.3) is 21.9 Å². The zero-order valence-electron chi connectivity index (χ0n) is 14.1. The van der Waals surface area contributed by atoms with Crippen LogP contribution in [0.1, 0.15) is 32.1 Å². The van der Waals surface area contributed by atoms with E-state index in [0.717, 1.165) is 12.2 Å². The summed E-state index contributed by atoms with van der Waals surface area (Å²) in [6.07, 6.45) is 1.11. The summed E-state index contributed by atoms with van der Waals surface area (Å²) in [6.45, 7) is 0. The maximum atomic E-state index is 11.8. The minimum absolute atomic E-state index is 0.0519. The van der Waals surface area contributed by atoms with Crippen LogP contribution in [0.4, 0.5) is 4.79 Å². The summed E-state index contributed by atoms with van der Waals surface area (Å²) in [7, 11) is -4.74. The van der Waals surface area contributed by atoms with Crippen molar-refractivity contribution in [3.8, 4) is 0 Å². The van der Waals surface area contributed by atoms with Crippen LogP contribution in [-0.4, -0.2) is 70.2 Å². The minimum Gasteiger partial charge on any atom is -0.332 e. The number of imide groups is 1. The van der Waals surface area contributed by atoms with Gasteiger partial charge in [-0.3, -0.25) is 14.1 Å². The lowest BCUT2D eigenvalue weighted by Crippen LogP contribution is -2.37. The first kappa shape index (κ1) is 19.9. The average molecular weight is 421 g/mol. The van der Waals surface area contributed by atoms with E-state index in [1.54, 1.807) is 11.8 Å². The number of thioether (sulfide) groups is 1. The predicted molar refractivity (Wildman–Crippen MR) is 91.9 cm³/mol. The van der Waals surface area contributed by atoms with Crippen molar-refractivity contribution in [3.05, 3.63) is 0 Å². The summed E-state index contributed by atoms with van der Waals surface area (Å²) >= 11 is 1.75. The van der Waals surface area contributed by atoms with Crippen LogP contribution in [0.25, 0.3) is 0 Å². The Kier molecular flexibility index (Phi) is 5.63. The number of carbonyl (C=O) groups is 4. The summed E-state index contributed by atoms with van der Waals surface area (Å²) in [5, 5.41) is 4.15. The van der Waals surface area contributed by atoms with E-state index >= 15 is 0 Å². The number of urea groups is 1. The SMILES string of the molecule is O=C1N[C@H]2CSC(CCCCC(=O)ON3C(=O)CC(S(=O)(=O)O)C3=O)[C@H]2N1. The smallest absolute Gasteiger partial charge is 0.332 e. The van der Waals surface area contributed by atoms with Gasteiger partial charge in [0, 0.05) is 17.4 Å². The fourth-order valence-corrected chi connectivity index (χ4v) is 5.56. The zero-order valence-corrected chi connectivity index (χ0v) is 15.8. The normalized spacial score (nSPS) is 30.3. The molecule has 0 aliphatic carbocycles. The molecular formula is C14H19N3O8S2. The molecule has 3 rings (SSSR count). The Morgan fingerprint density at radius 1 is 1.26 bits per heavy atom. The molecule has 4 amide bonds. The molecule has 2 unspecified atom stereocenters. The molecule has 3 fully saturated rings. The van der Waals surface area contributed by atoms with E-state index in [-0.39, 0.29) is 34.8 Å². The number of unbranched alkanes of at least 4 members (excludes halogenated alkanes) is 1. The second kappa shape index (κ2) is 7.64. The van der Waals surface area contributed by atoms with Gasteiger partial charge in [-0.2, -0.15) is 20.2 Å². The van der Waals surface area contributed by atoms with E-state index in [1.807, 2.05) is 0 Å². The third-order valence-electron chi connectivity index (χ3n) is 4.67. The summed E-state index contributed by atoms with van der Waals surface area (Å²) in [5.41, 5.74) is 0. The van der Waals surface area contributed by atoms with Gasteiger partial charge >= 0.3 is 12.0 Å². The van der Waals surface area contributed by atoms with Gasteiger partial charge in [-0.1, -0.05) is 6.42 Å². The van der Waals surface area contributed by atoms with Crippen LogP contribution in [0.5, 0.6) is 0 Å². The molecule has 3 heterocycles. The Morgan fingerprint density at radius 3 is 2.67 bits per heavy atom. The van der Waals surface area contributed by atoms with E-state index in [0.29, 0.717) is 12.8 Å². The highest BCUT2D eigenvalue weighted by molar-refractivity contribution is 8.00. The molecule has 3 N–H and O–H groups in total. The van der Waals surface area contributed by atoms with Gasteiger partial charge < -0.3 is 15.5 Å². The van der Waals surface area contributed by atoms with E-state index < -0.39 is 39.6 Å². The van der Waals surface area contributed by atoms with Gasteiger partial charge in [-0.25, -0.2) is 9.59 Å². The van der Waals surface area contributed by atoms with Crippen LogP contribution in [0.2, 0.25) is 0 Å². The number of amides is 4. The Hall–Kier alpha value is -1.86. The number of nitrogens with one attached hydrogen (secondary N) is 2. The number of fused-ring (bicyclic) bond motifs is 1. The second-order valence-electron chi connectivity index (χ2n) is 6.57. The lowest BCUT2D eigenvalue weighted by atomic mass is 10.0. The number of hydroxylamine groups is 2. The average Bonchev–Trinajstić information content (AvgIpc) is 3.19. The van der Waals surface area contributed by atoms with Crippen molar-refractivity contribution in [1.29, 1.82) is 0 Å². The molecule has 0 radical (unpaired) electrons. The fraction of sp³-hybridized carbons (Fsp3) is 0.714. The van der Waals surface area contributed by atoms with Crippen molar-refractivity contribution in [2.75, 3.05) is 5.75 Å². The first-order valence-electron chi connectivity index (χ1n) is 8.39. The first-order valence-corrected chi connectivity index (χ1v) is 10.9. The lowest BCUT2D eigenvalue weighted by Gasteiger charge is -2.16. The van der Waals surface area contributed by atoms with Crippen LogP contribution in [0.15, 0.2) is 0 Å². The van der Waals surface area contributed by atoms with Crippen molar-refractivity contribution < 1.29 is 37.0 Å². The van der Waals surface area contributed by atoms with E-state index in [9.17, 15) is 27.6 Å². The van der Waals surface area contributed by atoms with Crippen molar-refractivity contribution in [2.24, 2.45) is 0 Å². The Balaban J connectivity index is 1.40. The molecule has 0 aromatic carbocycles. The molecule has 0 saturated carbocycles. The molecule has 150 valence electrons. The zero-order chi connectivity index (χ0) is 19.8. The van der Waals surface area contributed by atoms with Crippen molar-refractivity contribution in [3.63, 3.8) is 0 Å². The van der Waals surface area contributed by atoms with Crippen LogP contribution in [0, 0.1) is 0 Å². The number of hydrogen-bond acceptors (Lipinski definition) is 8. The van der Waals surface area contributed by atoms with E-state index in [2.05, 4.69) is 15.5 Å². The molecule has 3 aliphatic heterocycles. The maximum Gasteiger partial charge on any atom is 0.333 e. The molecule has 0 aromatic rings. The quantitative estimate of drug-likeness (QED) is 0.207. The molecule has 3 saturated heterocycles. The van der Waals surface area contributed by atoms with E-state index in [1.165, 1.54) is 0 Å². The van der Waals surface area contributed by atoms with Crippen LogP contribution < -0.4 is 10.6 Å². The number of rotatable bonds is 7. The molecule has 0 aromatic heterocycles. The monoisotopic (exact) mass is 421 g/mol. The highest BCUT2D eigenvalue weighted by Gasteiger charge is 2.48. The molecule has 4 atom stereocenters. The highest BCUT2D eigenvalue weighted by atomic mass is 32.2. The molecule has 27 heavy (non-hydrogen) atoms. The van der Waals surface area contributed by atoms with Gasteiger partial charge in [0.2, 0.25) is 0 Å². The third kappa shape index (κ3) is 4.35. The Bertz CT molecular complexity index is 770. The predicted octanol–water partition coefficient (Wildman–Crippen LogP) is -0.814. The number of hydrogen-bond donors (Lipinski definition) is 3. The molecule has 13 heteroatoms. The van der Waals surface area contributed by atoms with Crippen molar-refractivity contribution >= 4 is 45.7 Å². The molecule has 11 nitrogen and oxygen atoms in total. The van der Waals surface area contributed by atoms with Gasteiger partial charge in [0.15, 0.2) is 5.25 Å². The fourth-order valence-electron chi connectivity index (χ4n) is 3.32. The van der Waals surface area contributed by atoms with Crippen molar-refractivity contribution in [1.82, 2.24) is 15.7 Å². The topological polar surface area (TPSA) is 159 Å². The van der Waals surface area contributed by atoms with Gasteiger partial charge in [-0.15, -0.1) is 5.06 Å². The summed E-state index contributed by atoms with van der Waals surface area (Å²) in [5.74, 6) is -2.26. The number of carbonyl (C=O) groups excluding carboxylic acids is 4. The van der Waals surface area contributed by atoms with Gasteiger partial charge in [-0.05, 0) is 12.8 Å². The second-order valence-corrected chi connectivity index (χ2v) is 9.44. The van der Waals surface area contributed by atoms with Gasteiger partial charge in [0.05, 0.1) is 18.5 Å². The van der Waals surface area contributed by atoms with Gasteiger partial charge in [0.1, 0.15) is 0 Å². The van der Waals surface area contributed by atoms with Crippen molar-refractivity contribution in [2.45, 2.75) is 54.7 Å². The summed E-state index contributed by atoms with van der Waals surface area (Å²) in [4.78, 5) is 51.2. The van der Waals surface area contributed by atoms with Crippen LogP contribution in [-0.2, 0) is 29.3 Å². The molecule has 0 bridgehead atoms. The van der Waals surface area contributed by atoms with E-state index in [4.69, 9.17) is 4.55 Å². The maximum absolute atomic E-state index is 11.8. The summed E-state index contributed by atoms with van der Waals surface area (Å²) in [6, 6.07) is 0.0362. The van der Waals surface area contributed by atoms with Crippen LogP contribution in [0.3, 0.4) is 0 Å². The number of nitrogens with zero attached hydrogens (tertiary/aromatic N) is 1. The third-order valence-corrected chi connectivity index (χ3v) is 7.27. The standard InChI is InChI=1S/C14H19N3O8S2/c18-10-5-9(27(22,23)24)13(20)17(10)25-11(19)4-2-1-3-8-12-7(6-26-8)15-14(21)16-12/h7-9,12H,1-6H2,(H2,15,16,21)(H,22,23,24)/t7-,8?,9?,12-/m0/s1. The molecular weight excluding hydrogens is 402 g/mol. The Labute approximate surface area is 159 Å². The lowest BCUT2D eigenvalue weighted by molar-refractivity contribution is -0.197. The largest absolute Gasteiger partial charge is 0.333 e. The summed E-state index contributed by atoms with van der Waals surface area (Å²) < 4.78 is 31.0. The molecule has 0 spiro atoms. The van der Waals surface area contributed by atoms with Crippen LogP contribution >= 0.6 is 11.8 Å². The Morgan fingerprint density at radius 2 is 2.00 bits per heavy atom.